The number of hydrogen-bond donors (Lipinski definition) is 0. The van der Waals surface area contributed by atoms with Crippen molar-refractivity contribution in [3.8, 4) is 5.75 Å². The molecule has 1 aliphatic rings. The lowest BCUT2D eigenvalue weighted by Gasteiger charge is -2.23. The zero-order chi connectivity index (χ0) is 12.1. The summed E-state index contributed by atoms with van der Waals surface area (Å²) in [6.45, 7) is 6.05. The number of nitrogens with zero attached hydrogens (tertiary/aromatic N) is 1. The zero-order valence-corrected chi connectivity index (χ0v) is 10.6. The first-order valence-electron chi connectivity index (χ1n) is 6.31. The lowest BCUT2D eigenvalue weighted by molar-refractivity contribution is 0.279. The average molecular weight is 231 g/mol. The molecule has 1 saturated heterocycles. The van der Waals surface area contributed by atoms with Crippen molar-refractivity contribution in [1.82, 2.24) is 4.90 Å². The van der Waals surface area contributed by atoms with Crippen LogP contribution in [0.3, 0.4) is 0 Å². The Morgan fingerprint density at radius 3 is 3.18 bits per heavy atom. The normalized spacial score (nSPS) is 20.4. The predicted molar refractivity (Wildman–Crippen MR) is 71.5 cm³/mol. The summed E-state index contributed by atoms with van der Waals surface area (Å²) in [4.78, 5) is 2.52. The summed E-state index contributed by atoms with van der Waals surface area (Å²) in [5, 5.41) is 0. The molecule has 0 spiro atoms. The molecule has 1 aromatic carbocycles. The monoisotopic (exact) mass is 231 g/mol. The van der Waals surface area contributed by atoms with Crippen LogP contribution in [-0.4, -0.2) is 31.1 Å². The molecular formula is C15H21NO. The first kappa shape index (κ1) is 12.2. The SMILES string of the molecule is C=CCN1CCCC1Cc1cccc(OC)c1. The topological polar surface area (TPSA) is 12.5 Å². The second-order valence-electron chi connectivity index (χ2n) is 4.64. The Morgan fingerprint density at radius 2 is 2.41 bits per heavy atom. The van der Waals surface area contributed by atoms with Gasteiger partial charge in [0, 0.05) is 12.6 Å². The van der Waals surface area contributed by atoms with E-state index < -0.39 is 0 Å². The number of methoxy groups -OCH3 is 1. The van der Waals surface area contributed by atoms with Gasteiger partial charge in [-0.1, -0.05) is 18.2 Å². The highest BCUT2D eigenvalue weighted by atomic mass is 16.5. The van der Waals surface area contributed by atoms with Crippen LogP contribution < -0.4 is 4.74 Å². The number of ether oxygens (including phenoxy) is 1. The van der Waals surface area contributed by atoms with Gasteiger partial charge in [-0.15, -0.1) is 6.58 Å². The van der Waals surface area contributed by atoms with Crippen molar-refractivity contribution in [1.29, 1.82) is 0 Å². The van der Waals surface area contributed by atoms with Gasteiger partial charge in [0.1, 0.15) is 5.75 Å². The molecule has 0 amide bonds. The predicted octanol–water partition coefficient (Wildman–Crippen LogP) is 2.89. The van der Waals surface area contributed by atoms with Gasteiger partial charge in [-0.3, -0.25) is 4.90 Å². The van der Waals surface area contributed by atoms with E-state index >= 15 is 0 Å². The maximum absolute atomic E-state index is 5.26. The fourth-order valence-electron chi connectivity index (χ4n) is 2.60. The average Bonchev–Trinajstić information content (AvgIpc) is 2.78. The van der Waals surface area contributed by atoms with Gasteiger partial charge in [-0.05, 0) is 43.5 Å². The van der Waals surface area contributed by atoms with E-state index in [-0.39, 0.29) is 0 Å². The van der Waals surface area contributed by atoms with Gasteiger partial charge < -0.3 is 4.74 Å². The van der Waals surface area contributed by atoms with Crippen molar-refractivity contribution in [3.05, 3.63) is 42.5 Å². The Bertz CT molecular complexity index is 375. The Hall–Kier alpha value is -1.28. The van der Waals surface area contributed by atoms with E-state index in [2.05, 4.69) is 29.7 Å². The van der Waals surface area contributed by atoms with Gasteiger partial charge in [0.25, 0.3) is 0 Å². The first-order chi connectivity index (χ1) is 8.33. The summed E-state index contributed by atoms with van der Waals surface area (Å²) < 4.78 is 5.26. The molecule has 1 unspecified atom stereocenters. The molecule has 1 heterocycles. The van der Waals surface area contributed by atoms with Crippen LogP contribution >= 0.6 is 0 Å². The highest BCUT2D eigenvalue weighted by molar-refractivity contribution is 5.29. The molecule has 2 heteroatoms. The Kier molecular flexibility index (Phi) is 4.21. The van der Waals surface area contributed by atoms with E-state index in [1.807, 2.05) is 12.1 Å². The van der Waals surface area contributed by atoms with Crippen molar-refractivity contribution < 1.29 is 4.74 Å². The summed E-state index contributed by atoms with van der Waals surface area (Å²) in [5.74, 6) is 0.954. The van der Waals surface area contributed by atoms with Crippen LogP contribution in [-0.2, 0) is 6.42 Å². The van der Waals surface area contributed by atoms with Crippen molar-refractivity contribution in [2.45, 2.75) is 25.3 Å². The van der Waals surface area contributed by atoms with Crippen LogP contribution in [0.2, 0.25) is 0 Å². The molecule has 1 aromatic rings. The van der Waals surface area contributed by atoms with Crippen LogP contribution in [0, 0.1) is 0 Å². The van der Waals surface area contributed by atoms with E-state index in [1.165, 1.54) is 24.9 Å². The van der Waals surface area contributed by atoms with Crippen LogP contribution in [0.25, 0.3) is 0 Å². The minimum atomic E-state index is 0.667. The van der Waals surface area contributed by atoms with E-state index in [1.54, 1.807) is 7.11 Å². The van der Waals surface area contributed by atoms with E-state index in [0.29, 0.717) is 6.04 Å². The van der Waals surface area contributed by atoms with Crippen LogP contribution in [0.15, 0.2) is 36.9 Å². The fourth-order valence-corrected chi connectivity index (χ4v) is 2.60. The summed E-state index contributed by atoms with van der Waals surface area (Å²) >= 11 is 0. The smallest absolute Gasteiger partial charge is 0.119 e. The van der Waals surface area contributed by atoms with Crippen LogP contribution in [0.5, 0.6) is 5.75 Å². The molecule has 0 N–H and O–H groups in total. The largest absolute Gasteiger partial charge is 0.497 e. The highest BCUT2D eigenvalue weighted by Gasteiger charge is 2.23. The van der Waals surface area contributed by atoms with Crippen molar-refractivity contribution in [2.75, 3.05) is 20.2 Å². The molecule has 1 aliphatic heterocycles. The minimum absolute atomic E-state index is 0.667. The number of benzene rings is 1. The number of likely N-dealkylation sites (tertiary alicyclic amines) is 1. The lowest BCUT2D eigenvalue weighted by atomic mass is 10.0. The molecule has 0 saturated carbocycles. The van der Waals surface area contributed by atoms with Crippen molar-refractivity contribution >= 4 is 0 Å². The van der Waals surface area contributed by atoms with Crippen LogP contribution in [0.4, 0.5) is 0 Å². The van der Waals surface area contributed by atoms with Crippen molar-refractivity contribution in [3.63, 3.8) is 0 Å². The van der Waals surface area contributed by atoms with Gasteiger partial charge >= 0.3 is 0 Å². The molecule has 2 nitrogen and oxygen atoms in total. The third kappa shape index (κ3) is 3.10. The van der Waals surface area contributed by atoms with Gasteiger partial charge in [0.05, 0.1) is 7.11 Å². The molecule has 0 radical (unpaired) electrons. The number of rotatable bonds is 5. The standard InChI is InChI=1S/C15H21NO/c1-3-9-16-10-5-7-14(16)11-13-6-4-8-15(12-13)17-2/h3-4,6,8,12,14H,1,5,7,9-11H2,2H3. The molecule has 1 fully saturated rings. The molecule has 0 bridgehead atoms. The maximum Gasteiger partial charge on any atom is 0.119 e. The maximum atomic E-state index is 5.26. The summed E-state index contributed by atoms with van der Waals surface area (Å²) in [6.07, 6.45) is 5.72. The fraction of sp³-hybridized carbons (Fsp3) is 0.467. The molecule has 17 heavy (non-hydrogen) atoms. The van der Waals surface area contributed by atoms with E-state index in [9.17, 15) is 0 Å². The minimum Gasteiger partial charge on any atom is -0.497 e. The third-order valence-corrected chi connectivity index (χ3v) is 3.47. The molecule has 0 aromatic heterocycles. The summed E-state index contributed by atoms with van der Waals surface area (Å²) in [6, 6.07) is 9.07. The molecule has 0 aliphatic carbocycles. The molecule has 92 valence electrons. The van der Waals surface area contributed by atoms with E-state index in [0.717, 1.165) is 18.7 Å². The molecular weight excluding hydrogens is 210 g/mol. The quantitative estimate of drug-likeness (QED) is 0.722. The second-order valence-corrected chi connectivity index (χ2v) is 4.64. The molecule has 1 atom stereocenters. The van der Waals surface area contributed by atoms with Gasteiger partial charge in [-0.2, -0.15) is 0 Å². The number of hydrogen-bond acceptors (Lipinski definition) is 2. The van der Waals surface area contributed by atoms with Crippen molar-refractivity contribution in [2.24, 2.45) is 0 Å². The summed E-state index contributed by atoms with van der Waals surface area (Å²) in [7, 11) is 1.72. The Balaban J connectivity index is 2.01. The van der Waals surface area contributed by atoms with E-state index in [4.69, 9.17) is 4.74 Å². The zero-order valence-electron chi connectivity index (χ0n) is 10.6. The summed E-state index contributed by atoms with van der Waals surface area (Å²) in [5.41, 5.74) is 1.37. The first-order valence-corrected chi connectivity index (χ1v) is 6.31. The van der Waals surface area contributed by atoms with Gasteiger partial charge in [0.2, 0.25) is 0 Å². The second kappa shape index (κ2) is 5.87. The lowest BCUT2D eigenvalue weighted by Crippen LogP contribution is -2.31. The van der Waals surface area contributed by atoms with Gasteiger partial charge in [-0.25, -0.2) is 0 Å². The molecule has 2 rings (SSSR count). The Labute approximate surface area is 104 Å². The third-order valence-electron chi connectivity index (χ3n) is 3.47. The highest BCUT2D eigenvalue weighted by Crippen LogP contribution is 2.22. The van der Waals surface area contributed by atoms with Crippen LogP contribution in [0.1, 0.15) is 18.4 Å². The van der Waals surface area contributed by atoms with Gasteiger partial charge in [0.15, 0.2) is 0 Å². The Morgan fingerprint density at radius 1 is 1.53 bits per heavy atom.